The van der Waals surface area contributed by atoms with Crippen LogP contribution in [0.4, 0.5) is 4.39 Å². The highest BCUT2D eigenvalue weighted by atomic mass is 19.1. The van der Waals surface area contributed by atoms with Crippen molar-refractivity contribution in [1.82, 2.24) is 15.1 Å². The van der Waals surface area contributed by atoms with Crippen LogP contribution in [0.25, 0.3) is 0 Å². The van der Waals surface area contributed by atoms with Crippen molar-refractivity contribution in [2.24, 2.45) is 5.92 Å². The topological polar surface area (TPSA) is 55.8 Å². The number of benzene rings is 1. The Morgan fingerprint density at radius 2 is 1.88 bits per heavy atom. The molecule has 1 unspecified atom stereocenters. The molecule has 1 aliphatic heterocycles. The van der Waals surface area contributed by atoms with E-state index in [1.165, 1.54) is 12.1 Å². The van der Waals surface area contributed by atoms with Crippen LogP contribution < -0.4 is 5.32 Å². The molecule has 2 N–H and O–H groups in total. The molecule has 0 bridgehead atoms. The summed E-state index contributed by atoms with van der Waals surface area (Å²) in [5.41, 5.74) is 0.698. The molecular weight excluding hydrogens is 321 g/mol. The minimum atomic E-state index is -0.686. The highest BCUT2D eigenvalue weighted by Crippen LogP contribution is 2.16. The highest BCUT2D eigenvalue weighted by molar-refractivity contribution is 5.76. The first-order valence-corrected chi connectivity index (χ1v) is 9.10. The number of carbonyl (C=O) groups is 1. The Hall–Kier alpha value is -1.50. The molecule has 25 heavy (non-hydrogen) atoms. The first-order chi connectivity index (χ1) is 12.0. The molecule has 1 atom stereocenters. The van der Waals surface area contributed by atoms with Crippen molar-refractivity contribution in [1.29, 1.82) is 0 Å². The second-order valence-corrected chi connectivity index (χ2v) is 7.10. The highest BCUT2D eigenvalue weighted by Gasteiger charge is 2.19. The van der Waals surface area contributed by atoms with Gasteiger partial charge in [-0.1, -0.05) is 26.0 Å². The Kier molecular flexibility index (Phi) is 7.81. The number of amides is 1. The number of rotatable bonds is 8. The van der Waals surface area contributed by atoms with E-state index in [1.54, 1.807) is 12.1 Å². The molecule has 140 valence electrons. The Bertz CT molecular complexity index is 530. The van der Waals surface area contributed by atoms with E-state index in [0.717, 1.165) is 32.7 Å². The zero-order chi connectivity index (χ0) is 18.2. The summed E-state index contributed by atoms with van der Waals surface area (Å²) in [7, 11) is 0. The summed E-state index contributed by atoms with van der Waals surface area (Å²) >= 11 is 0. The van der Waals surface area contributed by atoms with Gasteiger partial charge in [0.1, 0.15) is 5.82 Å². The number of nitrogens with zero attached hydrogens (tertiary/aromatic N) is 2. The lowest BCUT2D eigenvalue weighted by atomic mass is 10.1. The third-order valence-corrected chi connectivity index (χ3v) is 4.42. The fourth-order valence-corrected chi connectivity index (χ4v) is 3.13. The number of aliphatic hydroxyl groups excluding tert-OH is 1. The number of halogens is 1. The van der Waals surface area contributed by atoms with E-state index in [1.807, 2.05) is 4.90 Å². The second-order valence-electron chi connectivity index (χ2n) is 7.10. The molecule has 1 aromatic rings. The number of nitrogens with one attached hydrogen (secondary N) is 1. The summed E-state index contributed by atoms with van der Waals surface area (Å²) in [6.07, 6.45) is -0.225. The molecule has 1 aliphatic rings. The molecule has 0 spiro atoms. The summed E-state index contributed by atoms with van der Waals surface area (Å²) in [4.78, 5) is 16.4. The van der Waals surface area contributed by atoms with Gasteiger partial charge in [-0.25, -0.2) is 4.39 Å². The van der Waals surface area contributed by atoms with Gasteiger partial charge in [-0.05, 0) is 23.6 Å². The van der Waals surface area contributed by atoms with Crippen LogP contribution in [0.1, 0.15) is 31.9 Å². The normalized spacial score (nSPS) is 16.5. The fourth-order valence-electron chi connectivity index (χ4n) is 3.13. The van der Waals surface area contributed by atoms with Crippen LogP contribution in [0, 0.1) is 11.7 Å². The second kappa shape index (κ2) is 9.85. The van der Waals surface area contributed by atoms with E-state index in [-0.39, 0.29) is 11.7 Å². The maximum atomic E-state index is 13.0. The Labute approximate surface area is 149 Å². The van der Waals surface area contributed by atoms with Gasteiger partial charge in [0.2, 0.25) is 5.91 Å². The molecule has 6 heteroatoms. The lowest BCUT2D eigenvalue weighted by molar-refractivity contribution is -0.132. The van der Waals surface area contributed by atoms with Crippen LogP contribution in [0.3, 0.4) is 0 Å². The summed E-state index contributed by atoms with van der Waals surface area (Å²) in [5, 5.41) is 13.7. The number of carbonyl (C=O) groups excluding carboxylic acids is 1. The summed E-state index contributed by atoms with van der Waals surface area (Å²) in [6.45, 7) is 9.35. The van der Waals surface area contributed by atoms with Gasteiger partial charge in [-0.3, -0.25) is 9.69 Å². The predicted molar refractivity (Wildman–Crippen MR) is 96.7 cm³/mol. The van der Waals surface area contributed by atoms with Crippen molar-refractivity contribution >= 4 is 5.91 Å². The lowest BCUT2D eigenvalue weighted by Gasteiger charge is -2.30. The standard InChI is InChI=1S/C19H30FN3O2/c1-15(2)13-22(10-7-19(25)23-11-8-21-9-12-23)14-18(24)16-3-5-17(20)6-4-16/h3-6,15,18,21,24H,7-14H2,1-2H3. The SMILES string of the molecule is CC(C)CN(CCC(=O)N1CCNCC1)CC(O)c1ccc(F)cc1. The van der Waals surface area contributed by atoms with Crippen molar-refractivity contribution in [3.63, 3.8) is 0 Å². The van der Waals surface area contributed by atoms with Gasteiger partial charge in [-0.2, -0.15) is 0 Å². The van der Waals surface area contributed by atoms with Gasteiger partial charge in [0, 0.05) is 52.2 Å². The van der Waals surface area contributed by atoms with Crippen molar-refractivity contribution in [3.05, 3.63) is 35.6 Å². The van der Waals surface area contributed by atoms with Crippen LogP contribution in [0.5, 0.6) is 0 Å². The summed E-state index contributed by atoms with van der Waals surface area (Å²) < 4.78 is 13.0. The van der Waals surface area contributed by atoms with E-state index in [0.29, 0.717) is 31.0 Å². The van der Waals surface area contributed by atoms with Gasteiger partial charge in [0.25, 0.3) is 0 Å². The molecule has 1 heterocycles. The van der Waals surface area contributed by atoms with Gasteiger partial charge in [0.05, 0.1) is 6.10 Å². The number of piperazine rings is 1. The lowest BCUT2D eigenvalue weighted by Crippen LogP contribution is -2.47. The van der Waals surface area contributed by atoms with Crippen molar-refractivity contribution in [3.8, 4) is 0 Å². The van der Waals surface area contributed by atoms with Crippen LogP contribution in [0.2, 0.25) is 0 Å². The molecule has 1 fully saturated rings. The molecule has 1 amide bonds. The minimum Gasteiger partial charge on any atom is -0.387 e. The number of hydrogen-bond acceptors (Lipinski definition) is 4. The average Bonchev–Trinajstić information content (AvgIpc) is 2.60. The molecule has 0 aliphatic carbocycles. The molecular formula is C19H30FN3O2. The molecule has 5 nitrogen and oxygen atoms in total. The van der Waals surface area contributed by atoms with E-state index in [2.05, 4.69) is 24.1 Å². The van der Waals surface area contributed by atoms with Crippen molar-refractivity contribution in [2.75, 3.05) is 45.8 Å². The Morgan fingerprint density at radius 1 is 1.24 bits per heavy atom. The third kappa shape index (κ3) is 6.72. The zero-order valence-corrected chi connectivity index (χ0v) is 15.2. The third-order valence-electron chi connectivity index (χ3n) is 4.42. The quantitative estimate of drug-likeness (QED) is 0.748. The molecule has 0 radical (unpaired) electrons. The predicted octanol–water partition coefficient (Wildman–Crippen LogP) is 1.64. The molecule has 1 saturated heterocycles. The molecule has 2 rings (SSSR count). The maximum absolute atomic E-state index is 13.0. The van der Waals surface area contributed by atoms with Gasteiger partial charge in [0.15, 0.2) is 0 Å². The van der Waals surface area contributed by atoms with Gasteiger partial charge < -0.3 is 15.3 Å². The van der Waals surface area contributed by atoms with E-state index in [9.17, 15) is 14.3 Å². The first-order valence-electron chi connectivity index (χ1n) is 9.10. The van der Waals surface area contributed by atoms with Crippen LogP contribution >= 0.6 is 0 Å². The molecule has 1 aromatic carbocycles. The van der Waals surface area contributed by atoms with E-state index >= 15 is 0 Å². The summed E-state index contributed by atoms with van der Waals surface area (Å²) in [5.74, 6) is 0.304. The smallest absolute Gasteiger partial charge is 0.223 e. The zero-order valence-electron chi connectivity index (χ0n) is 15.2. The first kappa shape index (κ1) is 19.8. The molecule has 0 saturated carbocycles. The molecule has 0 aromatic heterocycles. The van der Waals surface area contributed by atoms with Crippen LogP contribution in [0.15, 0.2) is 24.3 Å². The maximum Gasteiger partial charge on any atom is 0.223 e. The summed E-state index contributed by atoms with van der Waals surface area (Å²) in [6, 6.07) is 5.94. The largest absolute Gasteiger partial charge is 0.387 e. The van der Waals surface area contributed by atoms with Crippen molar-refractivity contribution < 1.29 is 14.3 Å². The van der Waals surface area contributed by atoms with Gasteiger partial charge >= 0.3 is 0 Å². The Balaban J connectivity index is 1.88. The van der Waals surface area contributed by atoms with Crippen LogP contribution in [-0.4, -0.2) is 66.6 Å². The minimum absolute atomic E-state index is 0.173. The van der Waals surface area contributed by atoms with Crippen LogP contribution in [-0.2, 0) is 4.79 Å². The number of hydrogen-bond donors (Lipinski definition) is 2. The average molecular weight is 351 g/mol. The number of aliphatic hydroxyl groups is 1. The van der Waals surface area contributed by atoms with E-state index in [4.69, 9.17) is 0 Å². The van der Waals surface area contributed by atoms with E-state index < -0.39 is 6.10 Å². The monoisotopic (exact) mass is 351 g/mol. The fraction of sp³-hybridized carbons (Fsp3) is 0.632. The Morgan fingerprint density at radius 3 is 2.48 bits per heavy atom. The van der Waals surface area contributed by atoms with Gasteiger partial charge in [-0.15, -0.1) is 0 Å². The van der Waals surface area contributed by atoms with Crippen molar-refractivity contribution in [2.45, 2.75) is 26.4 Å².